The van der Waals surface area contributed by atoms with E-state index in [1.165, 1.54) is 16.8 Å². The van der Waals surface area contributed by atoms with Gasteiger partial charge in [-0.25, -0.2) is 0 Å². The standard InChI is InChI=1S/C17H28N4O/c1-14-6-5-7-16(15(14)2)20-9-11-21(12-10-20)17(18-3)19-8-13-22-4/h5-7H,8-13H2,1-4H3,(H,18,19). The highest BCUT2D eigenvalue weighted by Crippen LogP contribution is 2.23. The fraction of sp³-hybridized carbons (Fsp3) is 0.588. The number of hydrogen-bond donors (Lipinski definition) is 1. The van der Waals surface area contributed by atoms with E-state index in [2.05, 4.69) is 52.2 Å². The lowest BCUT2D eigenvalue weighted by molar-refractivity contribution is 0.202. The number of nitrogens with zero attached hydrogens (tertiary/aromatic N) is 3. The molecule has 1 N–H and O–H groups in total. The van der Waals surface area contributed by atoms with Gasteiger partial charge in [-0.3, -0.25) is 4.99 Å². The van der Waals surface area contributed by atoms with E-state index in [0.717, 1.165) is 38.7 Å². The van der Waals surface area contributed by atoms with Crippen LogP contribution in [0.3, 0.4) is 0 Å². The molecule has 1 fully saturated rings. The lowest BCUT2D eigenvalue weighted by atomic mass is 10.1. The quantitative estimate of drug-likeness (QED) is 0.522. The van der Waals surface area contributed by atoms with Crippen LogP contribution in [0.2, 0.25) is 0 Å². The smallest absolute Gasteiger partial charge is 0.193 e. The van der Waals surface area contributed by atoms with Crippen molar-refractivity contribution >= 4 is 11.6 Å². The van der Waals surface area contributed by atoms with Gasteiger partial charge in [-0.1, -0.05) is 12.1 Å². The van der Waals surface area contributed by atoms with Crippen molar-refractivity contribution < 1.29 is 4.74 Å². The first-order chi connectivity index (χ1) is 10.7. The van der Waals surface area contributed by atoms with Crippen molar-refractivity contribution in [3.63, 3.8) is 0 Å². The SMILES string of the molecule is CN=C(NCCOC)N1CCN(c2cccc(C)c2C)CC1. The molecule has 22 heavy (non-hydrogen) atoms. The fourth-order valence-electron chi connectivity index (χ4n) is 2.83. The molecule has 0 atom stereocenters. The molecule has 0 bridgehead atoms. The monoisotopic (exact) mass is 304 g/mol. The van der Waals surface area contributed by atoms with Crippen molar-refractivity contribution in [2.45, 2.75) is 13.8 Å². The third-order valence-electron chi connectivity index (χ3n) is 4.30. The molecule has 0 aromatic heterocycles. The van der Waals surface area contributed by atoms with E-state index in [-0.39, 0.29) is 0 Å². The Morgan fingerprint density at radius 2 is 1.95 bits per heavy atom. The highest BCUT2D eigenvalue weighted by atomic mass is 16.5. The van der Waals surface area contributed by atoms with Crippen molar-refractivity contribution in [2.24, 2.45) is 4.99 Å². The van der Waals surface area contributed by atoms with Crippen LogP contribution in [-0.4, -0.2) is 64.3 Å². The molecule has 0 aliphatic carbocycles. The molecule has 0 unspecified atom stereocenters. The number of anilines is 1. The van der Waals surface area contributed by atoms with E-state index in [1.54, 1.807) is 7.11 Å². The summed E-state index contributed by atoms with van der Waals surface area (Å²) in [6, 6.07) is 6.55. The fourth-order valence-corrected chi connectivity index (χ4v) is 2.83. The minimum absolute atomic E-state index is 0.696. The summed E-state index contributed by atoms with van der Waals surface area (Å²) in [7, 11) is 3.56. The van der Waals surface area contributed by atoms with Gasteiger partial charge >= 0.3 is 0 Å². The van der Waals surface area contributed by atoms with Crippen LogP contribution in [0.5, 0.6) is 0 Å². The van der Waals surface area contributed by atoms with E-state index in [0.29, 0.717) is 6.61 Å². The Bertz CT molecular complexity index is 507. The number of guanidine groups is 1. The van der Waals surface area contributed by atoms with E-state index in [4.69, 9.17) is 4.74 Å². The molecule has 1 aromatic rings. The summed E-state index contributed by atoms with van der Waals surface area (Å²) in [6.07, 6.45) is 0. The molecule has 1 aliphatic rings. The average Bonchev–Trinajstić information content (AvgIpc) is 2.55. The van der Waals surface area contributed by atoms with Gasteiger partial charge in [0.05, 0.1) is 6.61 Å². The summed E-state index contributed by atoms with van der Waals surface area (Å²) in [6.45, 7) is 9.89. The number of rotatable bonds is 4. The molecule has 1 aromatic carbocycles. The van der Waals surface area contributed by atoms with Crippen molar-refractivity contribution in [3.8, 4) is 0 Å². The van der Waals surface area contributed by atoms with E-state index in [1.807, 2.05) is 7.05 Å². The molecule has 0 radical (unpaired) electrons. The van der Waals surface area contributed by atoms with Crippen molar-refractivity contribution in [3.05, 3.63) is 29.3 Å². The molecule has 1 aliphatic heterocycles. The highest BCUT2D eigenvalue weighted by molar-refractivity contribution is 5.80. The zero-order valence-corrected chi connectivity index (χ0v) is 14.2. The minimum Gasteiger partial charge on any atom is -0.383 e. The molecule has 122 valence electrons. The molecule has 5 nitrogen and oxygen atoms in total. The summed E-state index contributed by atoms with van der Waals surface area (Å²) in [5.74, 6) is 0.970. The molecular weight excluding hydrogens is 276 g/mol. The lowest BCUT2D eigenvalue weighted by Gasteiger charge is -2.38. The van der Waals surface area contributed by atoms with Gasteiger partial charge in [0.1, 0.15) is 0 Å². The number of methoxy groups -OCH3 is 1. The molecule has 1 saturated heterocycles. The summed E-state index contributed by atoms with van der Waals surface area (Å²) < 4.78 is 5.08. The van der Waals surface area contributed by atoms with Crippen LogP contribution in [0.15, 0.2) is 23.2 Å². The third kappa shape index (κ3) is 3.91. The van der Waals surface area contributed by atoms with Gasteiger partial charge in [-0.15, -0.1) is 0 Å². The van der Waals surface area contributed by atoms with Crippen LogP contribution in [-0.2, 0) is 4.74 Å². The van der Waals surface area contributed by atoms with Gasteiger partial charge in [-0.05, 0) is 31.0 Å². The molecule has 5 heteroatoms. The van der Waals surface area contributed by atoms with Crippen molar-refractivity contribution in [1.82, 2.24) is 10.2 Å². The van der Waals surface area contributed by atoms with E-state index in [9.17, 15) is 0 Å². The van der Waals surface area contributed by atoms with Gasteiger partial charge in [0.2, 0.25) is 0 Å². The zero-order chi connectivity index (χ0) is 15.9. The molecule has 0 saturated carbocycles. The molecule has 0 spiro atoms. The van der Waals surface area contributed by atoms with Gasteiger partial charge in [0.25, 0.3) is 0 Å². The second-order valence-corrected chi connectivity index (χ2v) is 5.66. The van der Waals surface area contributed by atoms with E-state index >= 15 is 0 Å². The van der Waals surface area contributed by atoms with Crippen LogP contribution >= 0.6 is 0 Å². The summed E-state index contributed by atoms with van der Waals surface area (Å²) in [5.41, 5.74) is 4.11. The van der Waals surface area contributed by atoms with Crippen LogP contribution in [0.4, 0.5) is 5.69 Å². The Hall–Kier alpha value is -1.75. The van der Waals surface area contributed by atoms with Crippen molar-refractivity contribution in [2.75, 3.05) is 58.4 Å². The summed E-state index contributed by atoms with van der Waals surface area (Å²) in [5, 5.41) is 3.35. The van der Waals surface area contributed by atoms with Crippen LogP contribution < -0.4 is 10.2 Å². The van der Waals surface area contributed by atoms with Crippen LogP contribution in [0.1, 0.15) is 11.1 Å². The number of benzene rings is 1. The number of aryl methyl sites for hydroxylation is 1. The first kappa shape index (κ1) is 16.6. The maximum absolute atomic E-state index is 5.08. The molecule has 2 rings (SSSR count). The Kier molecular flexibility index (Phi) is 6.07. The average molecular weight is 304 g/mol. The van der Waals surface area contributed by atoms with Crippen LogP contribution in [0.25, 0.3) is 0 Å². The minimum atomic E-state index is 0.696. The zero-order valence-electron chi connectivity index (χ0n) is 14.2. The van der Waals surface area contributed by atoms with Gasteiger partial charge in [0, 0.05) is 52.6 Å². The number of ether oxygens (including phenoxy) is 1. The number of piperazine rings is 1. The predicted molar refractivity (Wildman–Crippen MR) is 92.9 cm³/mol. The second kappa shape index (κ2) is 8.03. The van der Waals surface area contributed by atoms with Crippen molar-refractivity contribution in [1.29, 1.82) is 0 Å². The first-order valence-electron chi connectivity index (χ1n) is 7.93. The number of hydrogen-bond acceptors (Lipinski definition) is 3. The molecule has 0 amide bonds. The normalized spacial score (nSPS) is 16.1. The third-order valence-corrected chi connectivity index (χ3v) is 4.30. The molecular formula is C17H28N4O. The maximum atomic E-state index is 5.08. The van der Waals surface area contributed by atoms with Gasteiger partial charge in [-0.2, -0.15) is 0 Å². The Labute approximate surface area is 134 Å². The van der Waals surface area contributed by atoms with E-state index < -0.39 is 0 Å². The van der Waals surface area contributed by atoms with Gasteiger partial charge in [0.15, 0.2) is 5.96 Å². The Morgan fingerprint density at radius 1 is 1.23 bits per heavy atom. The second-order valence-electron chi connectivity index (χ2n) is 5.66. The number of aliphatic imine (C=N–C) groups is 1. The highest BCUT2D eigenvalue weighted by Gasteiger charge is 2.20. The maximum Gasteiger partial charge on any atom is 0.193 e. The number of nitrogens with one attached hydrogen (secondary N) is 1. The summed E-state index contributed by atoms with van der Waals surface area (Å²) >= 11 is 0. The Morgan fingerprint density at radius 3 is 2.59 bits per heavy atom. The topological polar surface area (TPSA) is 40.1 Å². The van der Waals surface area contributed by atoms with Crippen LogP contribution in [0, 0.1) is 13.8 Å². The predicted octanol–water partition coefficient (Wildman–Crippen LogP) is 1.65. The summed E-state index contributed by atoms with van der Waals surface area (Å²) in [4.78, 5) is 9.16. The van der Waals surface area contributed by atoms with Gasteiger partial charge < -0.3 is 19.9 Å². The largest absolute Gasteiger partial charge is 0.383 e. The Balaban J connectivity index is 1.93. The lowest BCUT2D eigenvalue weighted by Crippen LogP contribution is -2.53. The molecule has 1 heterocycles. The first-order valence-corrected chi connectivity index (χ1v) is 7.93.